The maximum atomic E-state index is 14.2. The van der Waals surface area contributed by atoms with Crippen LogP contribution in [0.2, 0.25) is 0 Å². The summed E-state index contributed by atoms with van der Waals surface area (Å²) >= 11 is 0. The number of Topliss-reactive ketones (excluding diaryl/α,β-unsaturated/α-hetero) is 1. The zero-order valence-electron chi connectivity index (χ0n) is 25.6. The van der Waals surface area contributed by atoms with E-state index in [2.05, 4.69) is 19.8 Å². The molecule has 1 saturated heterocycles. The quantitative estimate of drug-likeness (QED) is 0.136. The van der Waals surface area contributed by atoms with Gasteiger partial charge in [-0.25, -0.2) is 9.97 Å². The van der Waals surface area contributed by atoms with E-state index in [1.807, 2.05) is 25.2 Å². The molecule has 1 fully saturated rings. The Morgan fingerprint density at radius 2 is 1.91 bits per heavy atom. The van der Waals surface area contributed by atoms with Crippen LogP contribution in [0.3, 0.4) is 0 Å². The number of imidazole rings is 1. The maximum absolute atomic E-state index is 14.2. The highest BCUT2D eigenvalue weighted by Gasteiger charge is 2.31. The van der Waals surface area contributed by atoms with Crippen LogP contribution in [0.1, 0.15) is 41.3 Å². The minimum Gasteiger partial charge on any atom is -0.454 e. The van der Waals surface area contributed by atoms with E-state index in [0.717, 1.165) is 12.1 Å². The lowest BCUT2D eigenvalue weighted by Crippen LogP contribution is -2.54. The van der Waals surface area contributed by atoms with Crippen molar-refractivity contribution in [2.45, 2.75) is 38.9 Å². The first-order valence-corrected chi connectivity index (χ1v) is 15.0. The van der Waals surface area contributed by atoms with E-state index >= 15 is 0 Å². The topological polar surface area (TPSA) is 149 Å². The fraction of sp³-hybridized carbons (Fsp3) is 0.344. The second-order valence-electron chi connectivity index (χ2n) is 11.3. The highest BCUT2D eigenvalue weighted by molar-refractivity contribution is 5.96. The zero-order chi connectivity index (χ0) is 32.2. The number of anilines is 1. The number of carbonyl (C=O) groups is 2. The molecule has 0 N–H and O–H groups in total. The summed E-state index contributed by atoms with van der Waals surface area (Å²) in [5, 5.41) is 12.1. The summed E-state index contributed by atoms with van der Waals surface area (Å²) in [7, 11) is 2.01. The van der Waals surface area contributed by atoms with Gasteiger partial charge in [-0.3, -0.25) is 24.3 Å². The van der Waals surface area contributed by atoms with Crippen LogP contribution < -0.4 is 14.4 Å². The van der Waals surface area contributed by atoms with Crippen LogP contribution in [0.25, 0.3) is 5.95 Å². The summed E-state index contributed by atoms with van der Waals surface area (Å²) in [6.07, 6.45) is 7.10. The Labute approximate surface area is 265 Å². The number of nitro benzene ring substituents is 1. The number of nitro groups is 1. The van der Waals surface area contributed by atoms with Crippen molar-refractivity contribution in [3.8, 4) is 17.4 Å². The third kappa shape index (κ3) is 6.66. The van der Waals surface area contributed by atoms with Crippen molar-refractivity contribution in [1.29, 1.82) is 0 Å². The van der Waals surface area contributed by atoms with Crippen LogP contribution in [0.15, 0.2) is 67.4 Å². The highest BCUT2D eigenvalue weighted by Crippen LogP contribution is 2.33. The average molecular weight is 627 g/mol. The fourth-order valence-corrected chi connectivity index (χ4v) is 5.76. The number of rotatable bonds is 11. The SMILES string of the molecule is CCC(=O)c1ccc(CN(Cc2ccc3c(c2)OCO3)C(=O)CC2CN(C)CCN2c2ccnc(-n3ccnc3)n2)c([N+](=O)[O-])c1. The number of nitrogens with zero attached hydrogens (tertiary/aromatic N) is 8. The van der Waals surface area contributed by atoms with Gasteiger partial charge in [-0.15, -0.1) is 0 Å². The van der Waals surface area contributed by atoms with Gasteiger partial charge in [0.05, 0.1) is 17.5 Å². The average Bonchev–Trinajstić information content (AvgIpc) is 3.77. The summed E-state index contributed by atoms with van der Waals surface area (Å²) in [6.45, 7) is 4.03. The van der Waals surface area contributed by atoms with Gasteiger partial charge in [-0.1, -0.05) is 19.1 Å². The molecule has 0 saturated carbocycles. The number of hydrogen-bond acceptors (Lipinski definition) is 11. The predicted molar refractivity (Wildman–Crippen MR) is 167 cm³/mol. The molecule has 238 valence electrons. The molecule has 2 aromatic carbocycles. The minimum atomic E-state index is -0.504. The third-order valence-corrected chi connectivity index (χ3v) is 8.20. The number of carbonyl (C=O) groups excluding carboxylic acids is 2. The summed E-state index contributed by atoms with van der Waals surface area (Å²) in [4.78, 5) is 57.3. The van der Waals surface area contributed by atoms with Gasteiger partial charge in [0.1, 0.15) is 12.1 Å². The summed E-state index contributed by atoms with van der Waals surface area (Å²) < 4.78 is 12.7. The van der Waals surface area contributed by atoms with Gasteiger partial charge in [0.25, 0.3) is 5.69 Å². The molecule has 1 amide bonds. The molecule has 0 spiro atoms. The van der Waals surface area contributed by atoms with Crippen molar-refractivity contribution in [2.75, 3.05) is 38.4 Å². The second-order valence-corrected chi connectivity index (χ2v) is 11.3. The number of amides is 1. The zero-order valence-corrected chi connectivity index (χ0v) is 25.6. The monoisotopic (exact) mass is 626 g/mol. The van der Waals surface area contributed by atoms with E-state index in [-0.39, 0.29) is 61.7 Å². The number of likely N-dealkylation sites (N-methyl/N-ethyl adjacent to an activating group) is 1. The highest BCUT2D eigenvalue weighted by atomic mass is 16.7. The van der Waals surface area contributed by atoms with E-state index < -0.39 is 4.92 Å². The number of fused-ring (bicyclic) bond motifs is 1. The first kappa shape index (κ1) is 30.6. The molecule has 2 aliphatic heterocycles. The van der Waals surface area contributed by atoms with Crippen LogP contribution >= 0.6 is 0 Å². The summed E-state index contributed by atoms with van der Waals surface area (Å²) in [5.74, 6) is 1.99. The van der Waals surface area contributed by atoms with Gasteiger partial charge in [0.2, 0.25) is 18.6 Å². The molecule has 1 unspecified atom stereocenters. The number of benzene rings is 2. The molecule has 0 aliphatic carbocycles. The third-order valence-electron chi connectivity index (χ3n) is 8.20. The number of hydrogen-bond donors (Lipinski definition) is 0. The molecule has 2 aliphatic rings. The fourth-order valence-electron chi connectivity index (χ4n) is 5.76. The summed E-state index contributed by atoms with van der Waals surface area (Å²) in [5.41, 5.74) is 1.20. The van der Waals surface area contributed by atoms with Crippen molar-refractivity contribution in [1.82, 2.24) is 29.3 Å². The lowest BCUT2D eigenvalue weighted by molar-refractivity contribution is -0.385. The van der Waals surface area contributed by atoms with Crippen LogP contribution in [0.5, 0.6) is 11.5 Å². The van der Waals surface area contributed by atoms with Crippen molar-refractivity contribution < 1.29 is 24.0 Å². The van der Waals surface area contributed by atoms with Crippen molar-refractivity contribution in [2.24, 2.45) is 0 Å². The number of ether oxygens (including phenoxy) is 2. The molecule has 4 heterocycles. The van der Waals surface area contributed by atoms with Crippen molar-refractivity contribution in [3.63, 3.8) is 0 Å². The van der Waals surface area contributed by atoms with E-state index in [9.17, 15) is 19.7 Å². The largest absolute Gasteiger partial charge is 0.454 e. The lowest BCUT2D eigenvalue weighted by atomic mass is 10.0. The van der Waals surface area contributed by atoms with Crippen LogP contribution in [0, 0.1) is 10.1 Å². The maximum Gasteiger partial charge on any atom is 0.275 e. The van der Waals surface area contributed by atoms with Gasteiger partial charge in [-0.2, -0.15) is 4.98 Å². The Balaban J connectivity index is 1.30. The van der Waals surface area contributed by atoms with Crippen LogP contribution in [-0.4, -0.2) is 85.4 Å². The van der Waals surface area contributed by atoms with E-state index in [1.54, 1.807) is 59.5 Å². The first-order chi connectivity index (χ1) is 22.3. The number of ketones is 1. The molecule has 14 heteroatoms. The van der Waals surface area contributed by atoms with Gasteiger partial charge >= 0.3 is 0 Å². The van der Waals surface area contributed by atoms with E-state index in [1.165, 1.54) is 6.07 Å². The molecule has 4 aromatic rings. The number of piperazine rings is 1. The molecule has 14 nitrogen and oxygen atoms in total. The van der Waals surface area contributed by atoms with Crippen molar-refractivity contribution >= 4 is 23.2 Å². The Morgan fingerprint density at radius 3 is 2.70 bits per heavy atom. The number of aromatic nitrogens is 4. The molecule has 6 rings (SSSR count). The molecule has 46 heavy (non-hydrogen) atoms. The minimum absolute atomic E-state index is 0.0228. The normalized spacial score (nSPS) is 16.0. The Morgan fingerprint density at radius 1 is 1.07 bits per heavy atom. The van der Waals surface area contributed by atoms with Crippen molar-refractivity contribution in [3.05, 3.63) is 94.2 Å². The molecule has 0 radical (unpaired) electrons. The van der Waals surface area contributed by atoms with Gasteiger partial charge in [0.15, 0.2) is 17.3 Å². The van der Waals surface area contributed by atoms with E-state index in [0.29, 0.717) is 41.9 Å². The molecule has 1 atom stereocenters. The standard InChI is InChI=1S/C32H34N8O6/c1-3-27(41)23-5-6-24(26(15-23)40(43)44)18-38(17-22-4-7-28-29(14-22)46-21-45-28)31(42)16-25-19-36(2)12-13-39(25)30-8-9-34-32(35-30)37-11-10-33-20-37/h4-11,14-15,20,25H,3,12-13,16-19,21H2,1-2H3. The second kappa shape index (κ2) is 13.3. The van der Waals surface area contributed by atoms with Gasteiger partial charge in [0, 0.05) is 74.8 Å². The summed E-state index contributed by atoms with van der Waals surface area (Å²) in [6, 6.07) is 11.5. The van der Waals surface area contributed by atoms with Crippen LogP contribution in [0.4, 0.5) is 11.5 Å². The Bertz CT molecular complexity index is 1750. The Kier molecular flexibility index (Phi) is 8.88. The molecular weight excluding hydrogens is 592 g/mol. The first-order valence-electron chi connectivity index (χ1n) is 15.0. The Hall–Kier alpha value is -5.37. The van der Waals surface area contributed by atoms with Crippen LogP contribution in [-0.2, 0) is 17.9 Å². The smallest absolute Gasteiger partial charge is 0.275 e. The lowest BCUT2D eigenvalue weighted by Gasteiger charge is -2.41. The van der Waals surface area contributed by atoms with Gasteiger partial charge < -0.3 is 24.2 Å². The molecular formula is C32H34N8O6. The molecule has 2 aromatic heterocycles. The predicted octanol–water partition coefficient (Wildman–Crippen LogP) is 3.63. The van der Waals surface area contributed by atoms with Gasteiger partial charge in [-0.05, 0) is 36.9 Å². The van der Waals surface area contributed by atoms with E-state index in [4.69, 9.17) is 14.5 Å². The molecule has 0 bridgehead atoms.